The highest BCUT2D eigenvalue weighted by Gasteiger charge is 1.90. The number of aryl methyl sites for hydroxylation is 3. The fourth-order valence-corrected chi connectivity index (χ4v) is 1.73. The summed E-state index contributed by atoms with van der Waals surface area (Å²) in [6.45, 7) is 6.33. The van der Waals surface area contributed by atoms with Crippen LogP contribution >= 0.6 is 0 Å². The fraction of sp³-hybridized carbons (Fsp3) is 0.294. The minimum absolute atomic E-state index is 0.720. The zero-order chi connectivity index (χ0) is 14.3. The first-order valence-corrected chi connectivity index (χ1v) is 6.76. The third-order valence-electron chi connectivity index (χ3n) is 3.11. The molecule has 2 aromatic carbocycles. The molecule has 0 atom stereocenters. The lowest BCUT2D eigenvalue weighted by Crippen LogP contribution is -1.91. The Labute approximate surface area is 116 Å². The van der Waals surface area contributed by atoms with E-state index in [2.05, 4.69) is 38.1 Å². The molecule has 0 amide bonds. The van der Waals surface area contributed by atoms with Crippen molar-refractivity contribution in [1.82, 2.24) is 0 Å². The third-order valence-corrected chi connectivity index (χ3v) is 3.11. The van der Waals surface area contributed by atoms with Crippen LogP contribution in [0.5, 0.6) is 0 Å². The van der Waals surface area contributed by atoms with E-state index in [0.29, 0.717) is 0 Å². The maximum absolute atomic E-state index is 5.54. The molecule has 2 nitrogen and oxygen atoms in total. The highest BCUT2D eigenvalue weighted by Crippen LogP contribution is 2.13. The molecule has 0 radical (unpaired) electrons. The zero-order valence-corrected chi connectivity index (χ0v) is 12.1. The molecule has 0 saturated heterocycles. The number of anilines is 2. The highest BCUT2D eigenvalue weighted by molar-refractivity contribution is 5.55. The molecule has 102 valence electrons. The summed E-state index contributed by atoms with van der Waals surface area (Å²) in [5.74, 6) is 0. The lowest BCUT2D eigenvalue weighted by molar-refractivity contribution is 1.09. The second-order valence-electron chi connectivity index (χ2n) is 4.64. The van der Waals surface area contributed by atoms with Crippen molar-refractivity contribution in [3.63, 3.8) is 0 Å². The number of benzene rings is 2. The molecule has 0 aliphatic carbocycles. The first-order valence-electron chi connectivity index (χ1n) is 6.76. The van der Waals surface area contributed by atoms with Crippen molar-refractivity contribution in [2.45, 2.75) is 33.6 Å². The van der Waals surface area contributed by atoms with Crippen molar-refractivity contribution in [3.05, 3.63) is 59.2 Å². The Bertz CT molecular complexity index is 499. The number of hydrogen-bond donors (Lipinski definition) is 2. The van der Waals surface area contributed by atoms with Gasteiger partial charge in [0.05, 0.1) is 0 Å². The van der Waals surface area contributed by atoms with Gasteiger partial charge in [0.25, 0.3) is 0 Å². The van der Waals surface area contributed by atoms with E-state index in [1.165, 1.54) is 11.1 Å². The molecule has 0 bridgehead atoms. The molecule has 2 heteroatoms. The number of nitrogen functional groups attached to an aromatic ring is 2. The van der Waals surface area contributed by atoms with Gasteiger partial charge in [-0.25, -0.2) is 0 Å². The van der Waals surface area contributed by atoms with E-state index in [4.69, 9.17) is 11.5 Å². The predicted octanol–water partition coefficient (Wildman–Crippen LogP) is 3.97. The Morgan fingerprint density at radius 1 is 0.842 bits per heavy atom. The van der Waals surface area contributed by atoms with Crippen LogP contribution in [0.1, 0.15) is 30.5 Å². The van der Waals surface area contributed by atoms with Crippen LogP contribution in [0.15, 0.2) is 42.5 Å². The first kappa shape index (κ1) is 15.1. The van der Waals surface area contributed by atoms with Crippen LogP contribution in [0.3, 0.4) is 0 Å². The second kappa shape index (κ2) is 7.47. The summed E-state index contributed by atoms with van der Waals surface area (Å²) < 4.78 is 0. The standard InChI is InChI=1S/C10H14.C7H10N2/c1-3-9-6-5-7-10(4-2)8-9;1-5-2-3-6(8)4-7(5)9/h5-8H,3-4H2,1-2H3;2-4H,8-9H2,1H3. The summed E-state index contributed by atoms with van der Waals surface area (Å²) in [6.07, 6.45) is 2.29. The van der Waals surface area contributed by atoms with Gasteiger partial charge in [-0.15, -0.1) is 0 Å². The molecule has 0 aliphatic rings. The van der Waals surface area contributed by atoms with Crippen molar-refractivity contribution in [2.75, 3.05) is 11.5 Å². The van der Waals surface area contributed by atoms with Gasteiger partial charge in [-0.3, -0.25) is 0 Å². The smallest absolute Gasteiger partial charge is 0.0364 e. The van der Waals surface area contributed by atoms with Gasteiger partial charge in [0.2, 0.25) is 0 Å². The number of hydrogen-bond acceptors (Lipinski definition) is 2. The van der Waals surface area contributed by atoms with Crippen molar-refractivity contribution in [2.24, 2.45) is 0 Å². The minimum atomic E-state index is 0.720. The van der Waals surface area contributed by atoms with Crippen molar-refractivity contribution < 1.29 is 0 Å². The maximum Gasteiger partial charge on any atom is 0.0364 e. The number of nitrogens with two attached hydrogens (primary N) is 2. The van der Waals surface area contributed by atoms with Crippen LogP contribution in [-0.4, -0.2) is 0 Å². The SMILES string of the molecule is CCc1cccc(CC)c1.Cc1ccc(N)cc1N. The topological polar surface area (TPSA) is 52.0 Å². The molecular formula is C17H24N2. The largest absolute Gasteiger partial charge is 0.399 e. The van der Waals surface area contributed by atoms with Crippen LogP contribution in [-0.2, 0) is 12.8 Å². The van der Waals surface area contributed by atoms with E-state index >= 15 is 0 Å². The molecule has 2 rings (SSSR count). The van der Waals surface area contributed by atoms with Crippen LogP contribution in [0.25, 0.3) is 0 Å². The monoisotopic (exact) mass is 256 g/mol. The van der Waals surface area contributed by atoms with E-state index in [1.807, 2.05) is 19.1 Å². The summed E-state index contributed by atoms with van der Waals surface area (Å²) >= 11 is 0. The Morgan fingerprint density at radius 2 is 1.42 bits per heavy atom. The summed E-state index contributed by atoms with van der Waals surface area (Å²) in [5.41, 5.74) is 16.4. The molecule has 0 unspecified atom stereocenters. The normalized spacial score (nSPS) is 9.63. The van der Waals surface area contributed by atoms with Gasteiger partial charge in [0.1, 0.15) is 0 Å². The average Bonchev–Trinajstić information content (AvgIpc) is 2.44. The Morgan fingerprint density at radius 3 is 1.84 bits per heavy atom. The maximum atomic E-state index is 5.54. The quantitative estimate of drug-likeness (QED) is 0.799. The summed E-state index contributed by atoms with van der Waals surface area (Å²) in [7, 11) is 0. The highest BCUT2D eigenvalue weighted by atomic mass is 14.6. The van der Waals surface area contributed by atoms with Crippen LogP contribution in [0.2, 0.25) is 0 Å². The number of rotatable bonds is 2. The molecule has 0 aliphatic heterocycles. The van der Waals surface area contributed by atoms with Gasteiger partial charge in [-0.1, -0.05) is 44.2 Å². The van der Waals surface area contributed by atoms with Gasteiger partial charge in [-0.2, -0.15) is 0 Å². The molecule has 0 fully saturated rings. The first-order chi connectivity index (χ1) is 9.06. The fourth-order valence-electron chi connectivity index (χ4n) is 1.73. The van der Waals surface area contributed by atoms with E-state index in [-0.39, 0.29) is 0 Å². The second-order valence-corrected chi connectivity index (χ2v) is 4.64. The van der Waals surface area contributed by atoms with E-state index in [1.54, 1.807) is 6.07 Å². The van der Waals surface area contributed by atoms with Gasteiger partial charge >= 0.3 is 0 Å². The van der Waals surface area contributed by atoms with Crippen molar-refractivity contribution >= 4 is 11.4 Å². The van der Waals surface area contributed by atoms with E-state index in [9.17, 15) is 0 Å². The van der Waals surface area contributed by atoms with E-state index in [0.717, 1.165) is 29.8 Å². The molecular weight excluding hydrogens is 232 g/mol. The molecule has 4 N–H and O–H groups in total. The van der Waals surface area contributed by atoms with Gasteiger partial charge in [0.15, 0.2) is 0 Å². The average molecular weight is 256 g/mol. The Balaban J connectivity index is 0.000000191. The molecule has 2 aromatic rings. The Hall–Kier alpha value is -1.96. The summed E-state index contributed by atoms with van der Waals surface area (Å²) in [6, 6.07) is 14.3. The molecule has 0 heterocycles. The summed E-state index contributed by atoms with van der Waals surface area (Å²) in [5, 5.41) is 0. The zero-order valence-electron chi connectivity index (χ0n) is 12.1. The lowest BCUT2D eigenvalue weighted by atomic mass is 10.1. The Kier molecular flexibility index (Phi) is 5.94. The van der Waals surface area contributed by atoms with E-state index < -0.39 is 0 Å². The third kappa shape index (κ3) is 5.04. The van der Waals surface area contributed by atoms with Crippen molar-refractivity contribution in [3.8, 4) is 0 Å². The molecule has 19 heavy (non-hydrogen) atoms. The lowest BCUT2D eigenvalue weighted by Gasteiger charge is -1.98. The van der Waals surface area contributed by atoms with Gasteiger partial charge in [0, 0.05) is 11.4 Å². The van der Waals surface area contributed by atoms with Crippen LogP contribution in [0.4, 0.5) is 11.4 Å². The molecule has 0 saturated carbocycles. The minimum Gasteiger partial charge on any atom is -0.399 e. The van der Waals surface area contributed by atoms with Crippen LogP contribution < -0.4 is 11.5 Å². The molecule has 0 aromatic heterocycles. The summed E-state index contributed by atoms with van der Waals surface area (Å²) in [4.78, 5) is 0. The molecule has 0 spiro atoms. The van der Waals surface area contributed by atoms with Crippen molar-refractivity contribution in [1.29, 1.82) is 0 Å². The van der Waals surface area contributed by atoms with Crippen LogP contribution in [0, 0.1) is 6.92 Å². The predicted molar refractivity (Wildman–Crippen MR) is 85.2 cm³/mol. The van der Waals surface area contributed by atoms with Gasteiger partial charge in [-0.05, 0) is 48.6 Å². The van der Waals surface area contributed by atoms with Gasteiger partial charge < -0.3 is 11.5 Å².